The third kappa shape index (κ3) is 6.32. The van der Waals surface area contributed by atoms with Gasteiger partial charge in [-0.3, -0.25) is 4.79 Å². The summed E-state index contributed by atoms with van der Waals surface area (Å²) in [7, 11) is 0. The van der Waals surface area contributed by atoms with Crippen LogP contribution >= 0.6 is 35.3 Å². The van der Waals surface area contributed by atoms with Crippen molar-refractivity contribution in [3.63, 3.8) is 0 Å². The van der Waals surface area contributed by atoms with Crippen LogP contribution in [-0.4, -0.2) is 49.8 Å². The number of aliphatic hydroxyl groups is 1. The Morgan fingerprint density at radius 3 is 2.83 bits per heavy atom. The van der Waals surface area contributed by atoms with Crippen LogP contribution in [0.5, 0.6) is 5.75 Å². The quantitative estimate of drug-likeness (QED) is 0.206. The number of anilines is 1. The largest absolute Gasteiger partial charge is 0.482 e. The van der Waals surface area contributed by atoms with E-state index in [9.17, 15) is 9.90 Å². The van der Waals surface area contributed by atoms with Crippen molar-refractivity contribution in [2.24, 2.45) is 4.99 Å². The maximum Gasteiger partial charge on any atom is 0.265 e. The van der Waals surface area contributed by atoms with Crippen molar-refractivity contribution in [3.05, 3.63) is 46.7 Å². The fraction of sp³-hybridized carbons (Fsp3) is 0.429. The second-order valence-electron chi connectivity index (χ2n) is 7.03. The molecule has 164 valence electrons. The molecule has 0 fully saturated rings. The molecule has 1 aliphatic rings. The van der Waals surface area contributed by atoms with Crippen molar-refractivity contribution in [3.8, 4) is 5.75 Å². The Bertz CT molecular complexity index is 843. The normalized spacial score (nSPS) is 15.5. The minimum Gasteiger partial charge on any atom is -0.482 e. The maximum atomic E-state index is 12.2. The first-order valence-electron chi connectivity index (χ1n) is 9.82. The van der Waals surface area contributed by atoms with Crippen molar-refractivity contribution in [2.45, 2.75) is 25.9 Å². The fourth-order valence-corrected chi connectivity index (χ4v) is 3.86. The van der Waals surface area contributed by atoms with Crippen molar-refractivity contribution >= 4 is 52.9 Å². The van der Waals surface area contributed by atoms with Gasteiger partial charge in [-0.05, 0) is 43.8 Å². The monoisotopic (exact) mass is 544 g/mol. The number of hydrogen-bond acceptors (Lipinski definition) is 5. The molecule has 0 aliphatic carbocycles. The predicted molar refractivity (Wildman–Crippen MR) is 132 cm³/mol. The lowest BCUT2D eigenvalue weighted by atomic mass is 10.1. The average molecular weight is 544 g/mol. The van der Waals surface area contributed by atoms with Gasteiger partial charge in [0.2, 0.25) is 0 Å². The van der Waals surface area contributed by atoms with E-state index >= 15 is 0 Å². The summed E-state index contributed by atoms with van der Waals surface area (Å²) in [6.07, 6.45) is 0.756. The third-order valence-corrected chi connectivity index (χ3v) is 5.72. The van der Waals surface area contributed by atoms with Gasteiger partial charge in [-0.2, -0.15) is 0 Å². The Labute approximate surface area is 198 Å². The summed E-state index contributed by atoms with van der Waals surface area (Å²) in [5.41, 5.74) is -0.184. The zero-order valence-electron chi connectivity index (χ0n) is 17.3. The molecule has 3 rings (SSSR count). The van der Waals surface area contributed by atoms with Gasteiger partial charge in [0.25, 0.3) is 5.91 Å². The van der Waals surface area contributed by atoms with E-state index in [0.29, 0.717) is 19.0 Å². The lowest BCUT2D eigenvalue weighted by Gasteiger charge is -2.29. The number of carbonyl (C=O) groups is 1. The standard InChI is InChI=1S/C21H28N4O3S.HI/c1-3-22-20(24-15-21(2,27)18-10-6-13-29-18)23-11-7-12-25-16-8-4-5-9-17(16)28-14-19(25)26;/h4-6,8-10,13,27H,3,7,11-12,14-15H2,1-2H3,(H2,22,23,24);1H. The number of guanidine groups is 1. The van der Waals surface area contributed by atoms with Gasteiger partial charge in [-0.15, -0.1) is 35.3 Å². The number of thiophene rings is 1. The van der Waals surface area contributed by atoms with Gasteiger partial charge < -0.3 is 25.4 Å². The van der Waals surface area contributed by atoms with Crippen LogP contribution in [0.25, 0.3) is 0 Å². The first-order valence-corrected chi connectivity index (χ1v) is 10.7. The van der Waals surface area contributed by atoms with Gasteiger partial charge in [0.1, 0.15) is 11.4 Å². The van der Waals surface area contributed by atoms with Crippen LogP contribution in [0.15, 0.2) is 46.8 Å². The minimum atomic E-state index is -1.000. The number of amides is 1. The Balaban J connectivity index is 0.00000320. The molecule has 1 aromatic carbocycles. The number of para-hydroxylation sites is 2. The highest BCUT2D eigenvalue weighted by molar-refractivity contribution is 14.0. The Morgan fingerprint density at radius 1 is 1.30 bits per heavy atom. The summed E-state index contributed by atoms with van der Waals surface area (Å²) in [6.45, 7) is 6.08. The van der Waals surface area contributed by atoms with Crippen molar-refractivity contribution in [1.82, 2.24) is 10.6 Å². The number of benzene rings is 1. The van der Waals surface area contributed by atoms with Gasteiger partial charge in [0, 0.05) is 24.5 Å². The molecule has 0 radical (unpaired) electrons. The SMILES string of the molecule is CCNC(=NCC(C)(O)c1cccs1)NCCCN1C(=O)COc2ccccc21.I. The molecule has 1 unspecified atom stereocenters. The summed E-state index contributed by atoms with van der Waals surface area (Å²) in [4.78, 5) is 19.4. The molecule has 2 aromatic rings. The Hall–Kier alpha value is -1.85. The Kier molecular flexibility index (Phi) is 9.37. The number of rotatable bonds is 8. The maximum absolute atomic E-state index is 12.2. The zero-order valence-corrected chi connectivity index (χ0v) is 20.4. The van der Waals surface area contributed by atoms with Crippen LogP contribution in [0.4, 0.5) is 5.69 Å². The van der Waals surface area contributed by atoms with Gasteiger partial charge >= 0.3 is 0 Å². The number of halogens is 1. The number of hydrogen-bond donors (Lipinski definition) is 3. The molecule has 7 nitrogen and oxygen atoms in total. The summed E-state index contributed by atoms with van der Waals surface area (Å²) < 4.78 is 5.48. The molecule has 0 saturated heterocycles. The van der Waals surface area contributed by atoms with Crippen molar-refractivity contribution in [2.75, 3.05) is 37.7 Å². The number of fused-ring (bicyclic) bond motifs is 1. The van der Waals surface area contributed by atoms with Crippen LogP contribution in [-0.2, 0) is 10.4 Å². The smallest absolute Gasteiger partial charge is 0.265 e. The van der Waals surface area contributed by atoms with Gasteiger partial charge in [0.15, 0.2) is 12.6 Å². The molecule has 30 heavy (non-hydrogen) atoms. The molecule has 2 heterocycles. The number of nitrogens with zero attached hydrogens (tertiary/aromatic N) is 2. The number of nitrogens with one attached hydrogen (secondary N) is 2. The van der Waals surface area contributed by atoms with E-state index in [1.54, 1.807) is 11.8 Å². The van der Waals surface area contributed by atoms with E-state index in [1.807, 2.05) is 48.7 Å². The Morgan fingerprint density at radius 2 is 2.10 bits per heavy atom. The third-order valence-electron chi connectivity index (χ3n) is 4.60. The lowest BCUT2D eigenvalue weighted by molar-refractivity contribution is -0.121. The fourth-order valence-electron chi connectivity index (χ4n) is 3.08. The number of carbonyl (C=O) groups excluding carboxylic acids is 1. The van der Waals surface area contributed by atoms with Gasteiger partial charge in [0.05, 0.1) is 12.2 Å². The van der Waals surface area contributed by atoms with Gasteiger partial charge in [-0.25, -0.2) is 4.99 Å². The van der Waals surface area contributed by atoms with Crippen LogP contribution in [0, 0.1) is 0 Å². The van der Waals surface area contributed by atoms with E-state index in [0.717, 1.165) is 29.3 Å². The zero-order chi connectivity index (χ0) is 20.7. The summed E-state index contributed by atoms with van der Waals surface area (Å²) >= 11 is 1.52. The van der Waals surface area contributed by atoms with Crippen LogP contribution in [0.3, 0.4) is 0 Å². The molecule has 0 spiro atoms. The molecule has 1 aromatic heterocycles. The van der Waals surface area contributed by atoms with Crippen LogP contribution < -0.4 is 20.3 Å². The topological polar surface area (TPSA) is 86.2 Å². The second-order valence-corrected chi connectivity index (χ2v) is 7.98. The van der Waals surface area contributed by atoms with Crippen LogP contribution in [0.2, 0.25) is 0 Å². The van der Waals surface area contributed by atoms with E-state index in [1.165, 1.54) is 11.3 Å². The first kappa shape index (κ1) is 24.4. The molecule has 1 atom stereocenters. The second kappa shape index (κ2) is 11.5. The summed E-state index contributed by atoms with van der Waals surface area (Å²) in [5.74, 6) is 1.36. The molecular weight excluding hydrogens is 515 g/mol. The minimum absolute atomic E-state index is 0. The van der Waals surface area contributed by atoms with E-state index < -0.39 is 5.60 Å². The van der Waals surface area contributed by atoms with Crippen LogP contribution in [0.1, 0.15) is 25.1 Å². The predicted octanol–water partition coefficient (Wildman–Crippen LogP) is 2.94. The van der Waals surface area contributed by atoms with E-state index in [4.69, 9.17) is 4.74 Å². The molecule has 0 bridgehead atoms. The number of ether oxygens (including phenoxy) is 1. The van der Waals surface area contributed by atoms with Crippen molar-refractivity contribution < 1.29 is 14.6 Å². The summed E-state index contributed by atoms with van der Waals surface area (Å²) in [5, 5.41) is 19.1. The lowest BCUT2D eigenvalue weighted by Crippen LogP contribution is -2.42. The van der Waals surface area contributed by atoms with E-state index in [2.05, 4.69) is 15.6 Å². The van der Waals surface area contributed by atoms with Gasteiger partial charge in [-0.1, -0.05) is 18.2 Å². The molecular formula is C21H29IN4O3S. The van der Waals surface area contributed by atoms with E-state index in [-0.39, 0.29) is 43.0 Å². The molecule has 1 aliphatic heterocycles. The highest BCUT2D eigenvalue weighted by Gasteiger charge is 2.25. The average Bonchev–Trinajstić information content (AvgIpc) is 3.26. The molecule has 3 N–H and O–H groups in total. The molecule has 1 amide bonds. The highest BCUT2D eigenvalue weighted by Crippen LogP contribution is 2.31. The van der Waals surface area contributed by atoms with Crippen molar-refractivity contribution in [1.29, 1.82) is 0 Å². The first-order chi connectivity index (χ1) is 14.0. The molecule has 0 saturated carbocycles. The molecule has 9 heteroatoms. The number of aliphatic imine (C=N–C) groups is 1. The summed E-state index contributed by atoms with van der Waals surface area (Å²) in [6, 6.07) is 11.4. The highest BCUT2D eigenvalue weighted by atomic mass is 127.